The molecule has 1 aromatic heterocycles. The summed E-state index contributed by atoms with van der Waals surface area (Å²) in [6.07, 6.45) is 8.87. The monoisotopic (exact) mass is 619 g/mol. The van der Waals surface area contributed by atoms with Crippen LogP contribution in [0.5, 0.6) is 5.75 Å². The van der Waals surface area contributed by atoms with Crippen molar-refractivity contribution in [3.05, 3.63) is 101 Å². The van der Waals surface area contributed by atoms with Gasteiger partial charge in [0.1, 0.15) is 5.75 Å². The van der Waals surface area contributed by atoms with E-state index in [9.17, 15) is 4.79 Å². The number of aryl methyl sites for hydroxylation is 1. The highest BCUT2D eigenvalue weighted by Crippen LogP contribution is 2.36. The van der Waals surface area contributed by atoms with Crippen LogP contribution in [0.2, 0.25) is 0 Å². The number of rotatable bonds is 11. The Bertz CT molecular complexity index is 1660. The lowest BCUT2D eigenvalue weighted by molar-refractivity contribution is -0.112. The zero-order valence-corrected chi connectivity index (χ0v) is 27.2. The molecule has 0 radical (unpaired) electrons. The number of anilines is 2. The number of hydrogen-bond donors (Lipinski definition) is 1. The summed E-state index contributed by atoms with van der Waals surface area (Å²) < 4.78 is 13.4. The first-order valence-electron chi connectivity index (χ1n) is 16.5. The van der Waals surface area contributed by atoms with Gasteiger partial charge >= 0.3 is 0 Å². The van der Waals surface area contributed by atoms with E-state index in [4.69, 9.17) is 9.47 Å². The Balaban J connectivity index is 1.23. The maximum atomic E-state index is 13.7. The quantitative estimate of drug-likeness (QED) is 0.195. The Morgan fingerprint density at radius 3 is 2.61 bits per heavy atom. The number of fused-ring (bicyclic) bond motifs is 1. The van der Waals surface area contributed by atoms with Crippen LogP contribution >= 0.6 is 0 Å². The molecule has 1 N–H and O–H groups in total. The molecule has 2 aliphatic rings. The van der Waals surface area contributed by atoms with E-state index in [1.54, 1.807) is 0 Å². The molecule has 1 amide bonds. The predicted molar refractivity (Wildman–Crippen MR) is 185 cm³/mol. The molecule has 8 nitrogen and oxygen atoms in total. The largest absolute Gasteiger partial charge is 0.493 e. The van der Waals surface area contributed by atoms with Crippen molar-refractivity contribution in [2.24, 2.45) is 0 Å². The molecule has 6 rings (SSSR count). The third-order valence-corrected chi connectivity index (χ3v) is 8.98. The second kappa shape index (κ2) is 14.8. The van der Waals surface area contributed by atoms with Crippen molar-refractivity contribution in [2.45, 2.75) is 58.8 Å². The van der Waals surface area contributed by atoms with Gasteiger partial charge < -0.3 is 19.7 Å². The van der Waals surface area contributed by atoms with Gasteiger partial charge in [-0.05, 0) is 93.3 Å². The highest BCUT2D eigenvalue weighted by Gasteiger charge is 2.22. The van der Waals surface area contributed by atoms with E-state index in [1.165, 1.54) is 5.56 Å². The van der Waals surface area contributed by atoms with Crippen molar-refractivity contribution in [3.8, 4) is 16.9 Å². The number of benzene rings is 3. The molecule has 0 aliphatic carbocycles. The molecule has 240 valence electrons. The summed E-state index contributed by atoms with van der Waals surface area (Å²) in [5.41, 5.74) is 8.14. The molecule has 3 aromatic carbocycles. The fourth-order valence-corrected chi connectivity index (χ4v) is 6.42. The minimum atomic E-state index is -0.0706. The molecule has 0 bridgehead atoms. The Morgan fingerprint density at radius 2 is 1.85 bits per heavy atom. The van der Waals surface area contributed by atoms with Crippen LogP contribution in [0.3, 0.4) is 0 Å². The van der Waals surface area contributed by atoms with Crippen molar-refractivity contribution in [2.75, 3.05) is 43.6 Å². The molecule has 8 heteroatoms. The molecule has 2 aliphatic heterocycles. The number of nitrogens with zero attached hydrogens (tertiary/aromatic N) is 4. The molecular formula is C38H45N5O3. The van der Waals surface area contributed by atoms with E-state index in [1.807, 2.05) is 48.1 Å². The van der Waals surface area contributed by atoms with Crippen molar-refractivity contribution in [1.29, 1.82) is 0 Å². The number of amides is 1. The second-order valence-electron chi connectivity index (χ2n) is 12.2. The van der Waals surface area contributed by atoms with Gasteiger partial charge in [0.25, 0.3) is 5.91 Å². The summed E-state index contributed by atoms with van der Waals surface area (Å²) in [6.45, 7) is 9.50. The highest BCUT2D eigenvalue weighted by atomic mass is 16.5. The average Bonchev–Trinajstić information content (AvgIpc) is 3.47. The SMILES string of the molecule is CCOc1ccccc1-c1ccc2c(c1)C=C(C(=O)Nc1ccc(CN(C)C3CCOCC3)cc1)CCN2Cc1cnn(CC)c1. The van der Waals surface area contributed by atoms with E-state index in [2.05, 4.69) is 82.9 Å². The van der Waals surface area contributed by atoms with E-state index in [-0.39, 0.29) is 5.91 Å². The number of hydrogen-bond acceptors (Lipinski definition) is 6. The summed E-state index contributed by atoms with van der Waals surface area (Å²) in [4.78, 5) is 18.5. The van der Waals surface area contributed by atoms with Gasteiger partial charge in [0.15, 0.2) is 0 Å². The lowest BCUT2D eigenvalue weighted by Gasteiger charge is -2.31. The van der Waals surface area contributed by atoms with Crippen molar-refractivity contribution >= 4 is 23.4 Å². The van der Waals surface area contributed by atoms with Crippen LogP contribution in [0.4, 0.5) is 11.4 Å². The summed E-state index contributed by atoms with van der Waals surface area (Å²) in [5, 5.41) is 7.66. The van der Waals surface area contributed by atoms with Gasteiger partial charge in [-0.1, -0.05) is 36.4 Å². The van der Waals surface area contributed by atoms with Gasteiger partial charge in [-0.25, -0.2) is 0 Å². The average molecular weight is 620 g/mol. The maximum absolute atomic E-state index is 13.7. The lowest BCUT2D eigenvalue weighted by Crippen LogP contribution is -2.36. The van der Waals surface area contributed by atoms with E-state index >= 15 is 0 Å². The van der Waals surface area contributed by atoms with Crippen LogP contribution in [0.15, 0.2) is 84.7 Å². The van der Waals surface area contributed by atoms with Gasteiger partial charge in [0.05, 0.1) is 12.8 Å². The van der Waals surface area contributed by atoms with Crippen LogP contribution in [0.25, 0.3) is 17.2 Å². The van der Waals surface area contributed by atoms with E-state index in [0.717, 1.165) is 90.6 Å². The van der Waals surface area contributed by atoms with Gasteiger partial charge in [-0.2, -0.15) is 5.10 Å². The third-order valence-electron chi connectivity index (χ3n) is 8.98. The predicted octanol–water partition coefficient (Wildman–Crippen LogP) is 7.01. The summed E-state index contributed by atoms with van der Waals surface area (Å²) in [5.74, 6) is 0.783. The number of para-hydroxylation sites is 1. The normalized spacial score (nSPS) is 15.3. The molecule has 0 spiro atoms. The molecule has 0 unspecified atom stereocenters. The molecule has 1 saturated heterocycles. The number of nitrogens with one attached hydrogen (secondary N) is 1. The fourth-order valence-electron chi connectivity index (χ4n) is 6.42. The molecule has 0 atom stereocenters. The van der Waals surface area contributed by atoms with Crippen molar-refractivity contribution < 1.29 is 14.3 Å². The number of aromatic nitrogens is 2. The molecule has 4 aromatic rings. The minimum Gasteiger partial charge on any atom is -0.493 e. The smallest absolute Gasteiger partial charge is 0.251 e. The molecule has 3 heterocycles. The summed E-state index contributed by atoms with van der Waals surface area (Å²) in [7, 11) is 2.18. The van der Waals surface area contributed by atoms with Crippen LogP contribution in [0, 0.1) is 0 Å². The highest BCUT2D eigenvalue weighted by molar-refractivity contribution is 6.07. The Labute approximate surface area is 272 Å². The zero-order valence-electron chi connectivity index (χ0n) is 27.2. The van der Waals surface area contributed by atoms with E-state index < -0.39 is 0 Å². The topological polar surface area (TPSA) is 71.9 Å². The van der Waals surface area contributed by atoms with E-state index in [0.29, 0.717) is 25.6 Å². The summed E-state index contributed by atoms with van der Waals surface area (Å²) in [6, 6.07) is 23.4. The molecular weight excluding hydrogens is 574 g/mol. The van der Waals surface area contributed by atoms with Crippen LogP contribution in [-0.4, -0.2) is 60.0 Å². The van der Waals surface area contributed by atoms with Crippen molar-refractivity contribution in [3.63, 3.8) is 0 Å². The molecule has 1 fully saturated rings. The zero-order chi connectivity index (χ0) is 31.9. The van der Waals surface area contributed by atoms with Gasteiger partial charge in [-0.15, -0.1) is 0 Å². The summed E-state index contributed by atoms with van der Waals surface area (Å²) >= 11 is 0. The van der Waals surface area contributed by atoms with Gasteiger partial charge in [-0.3, -0.25) is 14.4 Å². The number of carbonyl (C=O) groups is 1. The Kier molecular flexibility index (Phi) is 10.2. The van der Waals surface area contributed by atoms with Gasteiger partial charge in [0.2, 0.25) is 0 Å². The first-order chi connectivity index (χ1) is 22.5. The van der Waals surface area contributed by atoms with Crippen LogP contribution in [0.1, 0.15) is 49.8 Å². The lowest BCUT2D eigenvalue weighted by atomic mass is 9.99. The molecule has 46 heavy (non-hydrogen) atoms. The third kappa shape index (κ3) is 7.52. The van der Waals surface area contributed by atoms with Crippen LogP contribution < -0.4 is 15.0 Å². The minimum absolute atomic E-state index is 0.0706. The second-order valence-corrected chi connectivity index (χ2v) is 12.2. The van der Waals surface area contributed by atoms with Gasteiger partial charge in [0, 0.05) is 79.7 Å². The fraction of sp³-hybridized carbons (Fsp3) is 0.368. The van der Waals surface area contributed by atoms with Crippen molar-refractivity contribution in [1.82, 2.24) is 14.7 Å². The Morgan fingerprint density at radius 1 is 1.04 bits per heavy atom. The Hall–Kier alpha value is -4.40. The standard InChI is InChI=1S/C38H45N5O3/c1-4-43-27-29(24-39-43)26-42-19-16-31(23-32-22-30(12-15-36(32)42)35-8-6-7-9-37(35)46-5-2)38(44)40-33-13-10-28(11-14-33)25-41(3)34-17-20-45-21-18-34/h6-15,22-24,27,34H,4-5,16-21,25-26H2,1-3H3,(H,40,44). The first-order valence-corrected chi connectivity index (χ1v) is 16.5. The number of carbonyl (C=O) groups excluding carboxylic acids is 1. The number of ether oxygens (including phenoxy) is 2. The maximum Gasteiger partial charge on any atom is 0.251 e. The first kappa shape index (κ1) is 31.6. The van der Waals surface area contributed by atoms with Crippen LogP contribution in [-0.2, 0) is 29.2 Å². The molecule has 0 saturated carbocycles.